The molecule has 3 rings (SSSR count). The molecule has 0 radical (unpaired) electrons. The molecule has 0 amide bonds. The summed E-state index contributed by atoms with van der Waals surface area (Å²) in [4.78, 5) is 12.6. The first-order valence-electron chi connectivity index (χ1n) is 11.7. The van der Waals surface area contributed by atoms with Crippen LogP contribution in [0.2, 0.25) is 5.02 Å². The highest BCUT2D eigenvalue weighted by molar-refractivity contribution is 7.93. The van der Waals surface area contributed by atoms with Crippen molar-refractivity contribution in [2.75, 3.05) is 17.5 Å². The van der Waals surface area contributed by atoms with Crippen molar-refractivity contribution >= 4 is 39.5 Å². The Bertz CT molecular complexity index is 1360. The zero-order chi connectivity index (χ0) is 27.0. The predicted molar refractivity (Wildman–Crippen MR) is 146 cm³/mol. The number of ether oxygens (including phenoxy) is 2. The van der Waals surface area contributed by atoms with E-state index in [4.69, 9.17) is 26.9 Å². The minimum atomic E-state index is -4.23. The molecule has 1 atom stereocenters. The van der Waals surface area contributed by atoms with Crippen LogP contribution in [0.5, 0.6) is 5.75 Å². The number of sulfonamides is 1. The van der Waals surface area contributed by atoms with Crippen LogP contribution in [0.25, 0.3) is 0 Å². The molecule has 1 unspecified atom stereocenters. The molecule has 0 spiro atoms. The van der Waals surface area contributed by atoms with E-state index < -0.39 is 22.0 Å². The molecule has 8 nitrogen and oxygen atoms in total. The molecule has 3 aromatic rings. The maximum atomic E-state index is 13.8. The number of carbonyl (C=O) groups excluding carboxylic acids is 1. The molecule has 0 aliphatic rings. The monoisotopic (exact) mass is 543 g/mol. The lowest BCUT2D eigenvalue weighted by atomic mass is 10.1. The van der Waals surface area contributed by atoms with Crippen LogP contribution in [0.4, 0.5) is 5.69 Å². The topological polar surface area (TPSA) is 111 Å². The van der Waals surface area contributed by atoms with Gasteiger partial charge in [-0.1, -0.05) is 48.0 Å². The average Bonchev–Trinajstić information content (AvgIpc) is 2.85. The van der Waals surface area contributed by atoms with Crippen LogP contribution in [0.3, 0.4) is 0 Å². The lowest BCUT2D eigenvalue weighted by Crippen LogP contribution is -2.44. The van der Waals surface area contributed by atoms with Gasteiger partial charge in [0.15, 0.2) is 0 Å². The third-order valence-corrected chi connectivity index (χ3v) is 7.90. The lowest BCUT2D eigenvalue weighted by molar-refractivity contribution is -0.144. The quantitative estimate of drug-likeness (QED) is 0.162. The molecule has 10 heteroatoms. The van der Waals surface area contributed by atoms with Gasteiger partial charge in [0.05, 0.1) is 30.1 Å². The van der Waals surface area contributed by atoms with Gasteiger partial charge >= 0.3 is 5.97 Å². The summed E-state index contributed by atoms with van der Waals surface area (Å²) < 4.78 is 39.7. The molecule has 0 saturated heterocycles. The summed E-state index contributed by atoms with van der Waals surface area (Å²) in [6.45, 7) is 5.44. The number of carbonyl (C=O) groups is 1. The van der Waals surface area contributed by atoms with E-state index in [2.05, 4.69) is 5.10 Å². The van der Waals surface area contributed by atoms with Gasteiger partial charge in [-0.3, -0.25) is 4.31 Å². The van der Waals surface area contributed by atoms with Crippen molar-refractivity contribution in [2.24, 2.45) is 10.9 Å². The molecular weight excluding hydrogens is 514 g/mol. The van der Waals surface area contributed by atoms with Gasteiger partial charge in [0.1, 0.15) is 16.7 Å². The van der Waals surface area contributed by atoms with Gasteiger partial charge in [-0.2, -0.15) is 5.10 Å². The van der Waals surface area contributed by atoms with Gasteiger partial charge in [-0.15, -0.1) is 0 Å². The number of anilines is 1. The van der Waals surface area contributed by atoms with Crippen molar-refractivity contribution in [1.82, 2.24) is 0 Å². The zero-order valence-electron chi connectivity index (χ0n) is 20.9. The predicted octanol–water partition coefficient (Wildman–Crippen LogP) is 4.71. The SMILES string of the molecule is CCOC(=O)C(C)N(c1cc(C)cc(OCCc2ccc(C=NN)cc2)c1)S(=O)(=O)c1ccccc1Cl. The number of hydrogen-bond donors (Lipinski definition) is 1. The third-order valence-electron chi connectivity index (χ3n) is 5.51. The Morgan fingerprint density at radius 1 is 1.14 bits per heavy atom. The van der Waals surface area contributed by atoms with Crippen molar-refractivity contribution < 1.29 is 22.7 Å². The minimum absolute atomic E-state index is 0.0523. The van der Waals surface area contributed by atoms with Crippen LogP contribution in [0.1, 0.15) is 30.5 Å². The van der Waals surface area contributed by atoms with E-state index in [1.165, 1.54) is 19.1 Å². The molecule has 37 heavy (non-hydrogen) atoms. The van der Waals surface area contributed by atoms with Gasteiger partial charge in [0.25, 0.3) is 10.0 Å². The van der Waals surface area contributed by atoms with E-state index >= 15 is 0 Å². The van der Waals surface area contributed by atoms with Gasteiger partial charge in [0.2, 0.25) is 0 Å². The van der Waals surface area contributed by atoms with E-state index in [-0.39, 0.29) is 22.2 Å². The van der Waals surface area contributed by atoms with Crippen LogP contribution in [-0.2, 0) is 26.0 Å². The van der Waals surface area contributed by atoms with Gasteiger partial charge in [-0.25, -0.2) is 13.2 Å². The van der Waals surface area contributed by atoms with E-state index in [0.717, 1.165) is 21.0 Å². The smallest absolute Gasteiger partial charge is 0.329 e. The number of halogens is 1. The summed E-state index contributed by atoms with van der Waals surface area (Å²) >= 11 is 6.24. The number of nitrogens with zero attached hydrogens (tertiary/aromatic N) is 2. The first kappa shape index (κ1) is 28.0. The lowest BCUT2D eigenvalue weighted by Gasteiger charge is -2.30. The Morgan fingerprint density at radius 2 is 1.84 bits per heavy atom. The first-order chi connectivity index (χ1) is 17.7. The van der Waals surface area contributed by atoms with Gasteiger partial charge in [0, 0.05) is 12.5 Å². The number of aryl methyl sites for hydroxylation is 1. The molecule has 0 fully saturated rings. The number of benzene rings is 3. The van der Waals surface area contributed by atoms with Gasteiger partial charge < -0.3 is 15.3 Å². The molecule has 0 heterocycles. The van der Waals surface area contributed by atoms with Crippen LogP contribution in [0.15, 0.2) is 76.7 Å². The average molecular weight is 544 g/mol. The van der Waals surface area contributed by atoms with Crippen LogP contribution in [-0.4, -0.2) is 39.9 Å². The first-order valence-corrected chi connectivity index (χ1v) is 13.5. The van der Waals surface area contributed by atoms with Crippen molar-refractivity contribution in [1.29, 1.82) is 0 Å². The fourth-order valence-electron chi connectivity index (χ4n) is 3.77. The fraction of sp³-hybridized carbons (Fsp3) is 0.259. The number of rotatable bonds is 11. The summed E-state index contributed by atoms with van der Waals surface area (Å²) in [7, 11) is -4.23. The summed E-state index contributed by atoms with van der Waals surface area (Å²) in [6, 6.07) is 17.8. The largest absolute Gasteiger partial charge is 0.493 e. The summed E-state index contributed by atoms with van der Waals surface area (Å²) in [5, 5.41) is 3.56. The van der Waals surface area contributed by atoms with Gasteiger partial charge in [-0.05, 0) is 61.7 Å². The van der Waals surface area contributed by atoms with E-state index in [0.29, 0.717) is 18.8 Å². The summed E-state index contributed by atoms with van der Waals surface area (Å²) in [6.07, 6.45) is 2.19. The highest BCUT2D eigenvalue weighted by Gasteiger charge is 2.35. The molecular formula is C27H30ClN3O5S. The normalized spacial score (nSPS) is 12.3. The standard InChI is InChI=1S/C27H30ClN3O5S/c1-4-35-27(32)20(3)31(37(33,34)26-8-6-5-7-25(26)28)23-15-19(2)16-24(17-23)36-14-13-21-9-11-22(12-10-21)18-30-29/h5-12,15-18,20H,4,13-14,29H2,1-3H3. The van der Waals surface area contributed by atoms with Crippen LogP contribution < -0.4 is 14.9 Å². The fourth-order valence-corrected chi connectivity index (χ4v) is 5.86. The number of hydrogen-bond acceptors (Lipinski definition) is 7. The van der Waals surface area contributed by atoms with E-state index in [1.807, 2.05) is 31.2 Å². The van der Waals surface area contributed by atoms with Crippen molar-refractivity contribution in [3.63, 3.8) is 0 Å². The Hall–Kier alpha value is -3.56. The van der Waals surface area contributed by atoms with Crippen molar-refractivity contribution in [3.05, 3.63) is 88.4 Å². The molecule has 0 bridgehead atoms. The third kappa shape index (κ3) is 7.02. The maximum Gasteiger partial charge on any atom is 0.329 e. The summed E-state index contributed by atoms with van der Waals surface area (Å²) in [5.74, 6) is 4.98. The van der Waals surface area contributed by atoms with E-state index in [9.17, 15) is 13.2 Å². The molecule has 3 aromatic carbocycles. The minimum Gasteiger partial charge on any atom is -0.493 e. The second-order valence-electron chi connectivity index (χ2n) is 8.28. The van der Waals surface area contributed by atoms with Crippen molar-refractivity contribution in [3.8, 4) is 5.75 Å². The molecule has 0 aliphatic carbocycles. The number of esters is 1. The molecule has 196 valence electrons. The summed E-state index contributed by atoms with van der Waals surface area (Å²) in [5.41, 5.74) is 2.97. The second kappa shape index (κ2) is 12.6. The number of hydrazone groups is 1. The highest BCUT2D eigenvalue weighted by atomic mass is 35.5. The molecule has 0 aromatic heterocycles. The molecule has 2 N–H and O–H groups in total. The molecule has 0 aliphatic heterocycles. The Balaban J connectivity index is 1.92. The highest BCUT2D eigenvalue weighted by Crippen LogP contribution is 2.33. The zero-order valence-corrected chi connectivity index (χ0v) is 22.5. The Kier molecular flexibility index (Phi) is 9.54. The van der Waals surface area contributed by atoms with Crippen molar-refractivity contribution in [2.45, 2.75) is 38.1 Å². The Morgan fingerprint density at radius 3 is 2.49 bits per heavy atom. The van der Waals surface area contributed by atoms with E-state index in [1.54, 1.807) is 43.5 Å². The van der Waals surface area contributed by atoms with Crippen LogP contribution in [0, 0.1) is 6.92 Å². The molecule has 0 saturated carbocycles. The number of nitrogens with two attached hydrogens (primary N) is 1. The maximum absolute atomic E-state index is 13.8. The second-order valence-corrected chi connectivity index (χ2v) is 10.5. The Labute approximate surface area is 222 Å². The van der Waals surface area contributed by atoms with Crippen LogP contribution >= 0.6 is 11.6 Å².